The highest BCUT2D eigenvalue weighted by Crippen LogP contribution is 2.14. The number of nitrogens with zero attached hydrogens (tertiary/aromatic N) is 1. The lowest BCUT2D eigenvalue weighted by Gasteiger charge is -2.30. The second-order valence-electron chi connectivity index (χ2n) is 4.41. The van der Waals surface area contributed by atoms with Crippen molar-refractivity contribution in [1.29, 1.82) is 0 Å². The third-order valence-electron chi connectivity index (χ3n) is 3.16. The fourth-order valence-corrected chi connectivity index (χ4v) is 2.15. The van der Waals surface area contributed by atoms with Gasteiger partial charge >= 0.3 is 0 Å². The van der Waals surface area contributed by atoms with Crippen LogP contribution in [0, 0.1) is 12.3 Å². The molecule has 1 fully saturated rings. The lowest BCUT2D eigenvalue weighted by Crippen LogP contribution is -2.43. The number of nitrogens with one attached hydrogen (secondary N) is 1. The zero-order valence-corrected chi connectivity index (χ0v) is 10.5. The maximum Gasteiger partial charge on any atom is 0.0702 e. The lowest BCUT2D eigenvalue weighted by molar-refractivity contribution is 0.0621. The van der Waals surface area contributed by atoms with E-state index >= 15 is 0 Å². The van der Waals surface area contributed by atoms with Crippen LogP contribution in [0.3, 0.4) is 0 Å². The highest BCUT2D eigenvalue weighted by Gasteiger charge is 2.20. The highest BCUT2D eigenvalue weighted by atomic mass is 16.5. The van der Waals surface area contributed by atoms with E-state index in [-0.39, 0.29) is 0 Å². The van der Waals surface area contributed by atoms with Crippen LogP contribution in [0.4, 0.5) is 0 Å². The predicted molar refractivity (Wildman–Crippen MR) is 67.4 cm³/mol. The minimum Gasteiger partial charge on any atom is -0.377 e. The van der Waals surface area contributed by atoms with Gasteiger partial charge in [0.2, 0.25) is 0 Å². The number of hydrogen-bond donors (Lipinski definition) is 1. The molecule has 1 aliphatic rings. The molecule has 3 heteroatoms. The zero-order valence-electron chi connectivity index (χ0n) is 10.5. The van der Waals surface area contributed by atoms with Crippen molar-refractivity contribution in [2.75, 3.05) is 32.8 Å². The third-order valence-corrected chi connectivity index (χ3v) is 3.16. The topological polar surface area (TPSA) is 24.5 Å². The van der Waals surface area contributed by atoms with Crippen molar-refractivity contribution in [3.05, 3.63) is 0 Å². The minimum absolute atomic E-state index is 0.440. The fraction of sp³-hybridized carbons (Fsp3) is 0.846. The molecule has 92 valence electrons. The SMILES string of the molecule is C#CCNCC(C)N(CC)CC1CCCO1. The van der Waals surface area contributed by atoms with Gasteiger partial charge in [0.1, 0.15) is 0 Å². The van der Waals surface area contributed by atoms with E-state index in [0.29, 0.717) is 18.7 Å². The number of likely N-dealkylation sites (N-methyl/N-ethyl adjacent to an activating group) is 1. The quantitative estimate of drug-likeness (QED) is 0.518. The van der Waals surface area contributed by atoms with E-state index in [0.717, 1.165) is 26.2 Å². The normalized spacial score (nSPS) is 22.2. The molecule has 0 aromatic heterocycles. The van der Waals surface area contributed by atoms with Crippen LogP contribution in [0.1, 0.15) is 26.7 Å². The Morgan fingerprint density at radius 1 is 1.62 bits per heavy atom. The van der Waals surface area contributed by atoms with Crippen molar-refractivity contribution in [3.8, 4) is 12.3 Å². The molecular formula is C13H24N2O. The molecule has 0 aliphatic carbocycles. The van der Waals surface area contributed by atoms with Gasteiger partial charge in [-0.2, -0.15) is 0 Å². The first-order valence-corrected chi connectivity index (χ1v) is 6.27. The van der Waals surface area contributed by atoms with Crippen LogP contribution < -0.4 is 5.32 Å². The van der Waals surface area contributed by atoms with Gasteiger partial charge in [-0.15, -0.1) is 6.42 Å². The molecule has 0 saturated carbocycles. The second kappa shape index (κ2) is 7.67. The van der Waals surface area contributed by atoms with Gasteiger partial charge in [-0.05, 0) is 26.3 Å². The average molecular weight is 224 g/mol. The van der Waals surface area contributed by atoms with Crippen LogP contribution in [-0.2, 0) is 4.74 Å². The van der Waals surface area contributed by atoms with Gasteiger partial charge in [0.25, 0.3) is 0 Å². The summed E-state index contributed by atoms with van der Waals surface area (Å²) in [6.07, 6.45) is 8.07. The summed E-state index contributed by atoms with van der Waals surface area (Å²) in [6.45, 7) is 9.10. The summed E-state index contributed by atoms with van der Waals surface area (Å²) in [5.41, 5.74) is 0. The molecule has 0 radical (unpaired) electrons. The van der Waals surface area contributed by atoms with Crippen LogP contribution in [0.2, 0.25) is 0 Å². The van der Waals surface area contributed by atoms with Crippen molar-refractivity contribution < 1.29 is 4.74 Å². The Morgan fingerprint density at radius 2 is 2.44 bits per heavy atom. The maximum atomic E-state index is 5.67. The molecule has 16 heavy (non-hydrogen) atoms. The molecule has 1 heterocycles. The standard InChI is InChI=1S/C13H24N2O/c1-4-8-14-10-12(3)15(5-2)11-13-7-6-9-16-13/h1,12-14H,5-11H2,2-3H3. The van der Waals surface area contributed by atoms with Crippen molar-refractivity contribution in [2.45, 2.75) is 38.8 Å². The molecular weight excluding hydrogens is 200 g/mol. The monoisotopic (exact) mass is 224 g/mol. The summed E-state index contributed by atoms with van der Waals surface area (Å²) < 4.78 is 5.67. The van der Waals surface area contributed by atoms with Crippen LogP contribution in [0.5, 0.6) is 0 Å². The Balaban J connectivity index is 2.25. The minimum atomic E-state index is 0.440. The maximum absolute atomic E-state index is 5.67. The molecule has 0 spiro atoms. The van der Waals surface area contributed by atoms with Crippen molar-refractivity contribution in [2.24, 2.45) is 0 Å². The van der Waals surface area contributed by atoms with Gasteiger partial charge in [0.05, 0.1) is 12.6 Å². The second-order valence-corrected chi connectivity index (χ2v) is 4.41. The molecule has 1 rings (SSSR count). The van der Waals surface area contributed by atoms with Gasteiger partial charge in [-0.25, -0.2) is 0 Å². The zero-order chi connectivity index (χ0) is 11.8. The van der Waals surface area contributed by atoms with Crippen molar-refractivity contribution >= 4 is 0 Å². The Morgan fingerprint density at radius 3 is 3.00 bits per heavy atom. The molecule has 0 aromatic carbocycles. The van der Waals surface area contributed by atoms with E-state index in [4.69, 9.17) is 11.2 Å². The van der Waals surface area contributed by atoms with Gasteiger partial charge in [-0.1, -0.05) is 12.8 Å². The van der Waals surface area contributed by atoms with E-state index < -0.39 is 0 Å². The van der Waals surface area contributed by atoms with E-state index in [2.05, 4.69) is 30.0 Å². The first-order valence-electron chi connectivity index (χ1n) is 6.27. The first kappa shape index (κ1) is 13.5. The number of hydrogen-bond acceptors (Lipinski definition) is 3. The summed E-state index contributed by atoms with van der Waals surface area (Å²) in [5.74, 6) is 2.60. The van der Waals surface area contributed by atoms with Crippen molar-refractivity contribution in [3.63, 3.8) is 0 Å². The third kappa shape index (κ3) is 4.52. The molecule has 2 atom stereocenters. The van der Waals surface area contributed by atoms with E-state index in [1.54, 1.807) is 0 Å². The summed E-state index contributed by atoms with van der Waals surface area (Å²) >= 11 is 0. The Hall–Kier alpha value is -0.560. The Kier molecular flexibility index (Phi) is 6.47. The molecule has 2 unspecified atom stereocenters. The number of ether oxygens (including phenoxy) is 1. The van der Waals surface area contributed by atoms with Gasteiger partial charge in [0.15, 0.2) is 0 Å². The van der Waals surface area contributed by atoms with Crippen LogP contribution >= 0.6 is 0 Å². The lowest BCUT2D eigenvalue weighted by atomic mass is 10.2. The van der Waals surface area contributed by atoms with Crippen molar-refractivity contribution in [1.82, 2.24) is 10.2 Å². The molecule has 0 aromatic rings. The molecule has 0 bridgehead atoms. The highest BCUT2D eigenvalue weighted by molar-refractivity contribution is 4.87. The van der Waals surface area contributed by atoms with E-state index in [9.17, 15) is 0 Å². The number of rotatable bonds is 7. The molecule has 1 aliphatic heterocycles. The molecule has 3 nitrogen and oxygen atoms in total. The summed E-state index contributed by atoms with van der Waals surface area (Å²) in [7, 11) is 0. The van der Waals surface area contributed by atoms with Gasteiger partial charge in [-0.3, -0.25) is 4.90 Å². The van der Waals surface area contributed by atoms with E-state index in [1.807, 2.05) is 0 Å². The van der Waals surface area contributed by atoms with Crippen LogP contribution in [-0.4, -0.2) is 49.8 Å². The average Bonchev–Trinajstić information content (AvgIpc) is 2.78. The number of terminal acetylenes is 1. The van der Waals surface area contributed by atoms with Gasteiger partial charge < -0.3 is 10.1 Å². The van der Waals surface area contributed by atoms with Gasteiger partial charge in [0, 0.05) is 25.7 Å². The molecule has 0 amide bonds. The summed E-state index contributed by atoms with van der Waals surface area (Å²) in [4.78, 5) is 2.46. The Bertz CT molecular complexity index is 218. The molecule has 1 N–H and O–H groups in total. The molecule has 1 saturated heterocycles. The Labute approximate surface area is 99.5 Å². The predicted octanol–water partition coefficient (Wildman–Crippen LogP) is 1.10. The fourth-order valence-electron chi connectivity index (χ4n) is 2.15. The largest absolute Gasteiger partial charge is 0.377 e. The summed E-state index contributed by atoms with van der Waals surface area (Å²) in [6, 6.07) is 0.516. The van der Waals surface area contributed by atoms with Crippen LogP contribution in [0.15, 0.2) is 0 Å². The smallest absolute Gasteiger partial charge is 0.0702 e. The first-order chi connectivity index (χ1) is 7.77. The van der Waals surface area contributed by atoms with Crippen LogP contribution in [0.25, 0.3) is 0 Å². The van der Waals surface area contributed by atoms with E-state index in [1.165, 1.54) is 12.8 Å². The summed E-state index contributed by atoms with van der Waals surface area (Å²) in [5, 5.41) is 3.26.